The van der Waals surface area contributed by atoms with Crippen LogP contribution in [0.15, 0.2) is 54.6 Å². The third-order valence-corrected chi connectivity index (χ3v) is 5.54. The minimum absolute atomic E-state index is 0.686. The van der Waals surface area contributed by atoms with Crippen molar-refractivity contribution in [1.29, 1.82) is 0 Å². The van der Waals surface area contributed by atoms with Crippen LogP contribution in [0.25, 0.3) is 11.1 Å². The molecule has 0 aliphatic carbocycles. The molecule has 2 heterocycles. The number of piperidine rings is 1. The van der Waals surface area contributed by atoms with Gasteiger partial charge in [-0.25, -0.2) is 0 Å². The van der Waals surface area contributed by atoms with Crippen LogP contribution in [-0.4, -0.2) is 37.7 Å². The van der Waals surface area contributed by atoms with Crippen molar-refractivity contribution >= 4 is 0 Å². The van der Waals surface area contributed by atoms with E-state index in [1.54, 1.807) is 0 Å². The van der Waals surface area contributed by atoms with Gasteiger partial charge in [0.1, 0.15) is 0 Å². The molecule has 4 rings (SSSR count). The molecule has 0 N–H and O–H groups in total. The third kappa shape index (κ3) is 3.71. The maximum Gasteiger partial charge on any atom is 0.0507 e. The Kier molecular flexibility index (Phi) is 4.96. The molecule has 126 valence electrons. The molecule has 2 heteroatoms. The van der Waals surface area contributed by atoms with Gasteiger partial charge in [-0.05, 0) is 54.3 Å². The second-order valence-electron chi connectivity index (χ2n) is 7.32. The zero-order valence-electron chi connectivity index (χ0n) is 14.4. The largest absolute Gasteiger partial charge is 0.381 e. The second-order valence-corrected chi connectivity index (χ2v) is 7.32. The minimum Gasteiger partial charge on any atom is -0.381 e. The summed E-state index contributed by atoms with van der Waals surface area (Å²) in [6.45, 7) is 5.62. The molecule has 2 atom stereocenters. The molecule has 2 nitrogen and oxygen atoms in total. The Morgan fingerprint density at radius 1 is 0.917 bits per heavy atom. The van der Waals surface area contributed by atoms with Gasteiger partial charge in [0.15, 0.2) is 0 Å². The highest BCUT2D eigenvalue weighted by Gasteiger charge is 2.25. The van der Waals surface area contributed by atoms with Crippen LogP contribution in [-0.2, 0) is 4.74 Å². The fraction of sp³-hybridized carbons (Fsp3) is 0.455. The van der Waals surface area contributed by atoms with E-state index >= 15 is 0 Å². The quantitative estimate of drug-likeness (QED) is 0.818. The number of likely N-dealkylation sites (tertiary alicyclic amines) is 1. The first-order valence-electron chi connectivity index (χ1n) is 9.34. The van der Waals surface area contributed by atoms with Crippen molar-refractivity contribution in [1.82, 2.24) is 4.90 Å². The lowest BCUT2D eigenvalue weighted by Gasteiger charge is -2.34. The highest BCUT2D eigenvalue weighted by atomic mass is 16.5. The Balaban J connectivity index is 1.41. The molecule has 2 saturated heterocycles. The van der Waals surface area contributed by atoms with E-state index in [1.807, 2.05) is 0 Å². The Hall–Kier alpha value is -1.64. The van der Waals surface area contributed by atoms with Gasteiger partial charge in [0.25, 0.3) is 0 Å². The molecule has 2 aromatic carbocycles. The topological polar surface area (TPSA) is 12.5 Å². The predicted molar refractivity (Wildman–Crippen MR) is 99.2 cm³/mol. The molecule has 2 fully saturated rings. The van der Waals surface area contributed by atoms with Crippen LogP contribution in [0.2, 0.25) is 0 Å². The van der Waals surface area contributed by atoms with E-state index in [1.165, 1.54) is 55.6 Å². The van der Waals surface area contributed by atoms with E-state index in [9.17, 15) is 0 Å². The molecule has 0 bridgehead atoms. The van der Waals surface area contributed by atoms with Gasteiger partial charge in [-0.2, -0.15) is 0 Å². The van der Waals surface area contributed by atoms with Crippen LogP contribution in [0.5, 0.6) is 0 Å². The molecular formula is C22H27NO. The van der Waals surface area contributed by atoms with Crippen LogP contribution < -0.4 is 0 Å². The van der Waals surface area contributed by atoms with Gasteiger partial charge in [0.2, 0.25) is 0 Å². The van der Waals surface area contributed by atoms with Crippen LogP contribution in [0.1, 0.15) is 30.7 Å². The maximum absolute atomic E-state index is 5.54. The first-order valence-corrected chi connectivity index (χ1v) is 9.34. The monoisotopic (exact) mass is 321 g/mol. The summed E-state index contributed by atoms with van der Waals surface area (Å²) < 4.78 is 5.54. The minimum atomic E-state index is 0.686. The molecule has 1 unspecified atom stereocenters. The third-order valence-electron chi connectivity index (χ3n) is 5.54. The number of ether oxygens (including phenoxy) is 1. The summed E-state index contributed by atoms with van der Waals surface area (Å²) in [4.78, 5) is 2.67. The molecule has 24 heavy (non-hydrogen) atoms. The number of benzene rings is 2. The highest BCUT2D eigenvalue weighted by molar-refractivity contribution is 5.63. The van der Waals surface area contributed by atoms with Crippen LogP contribution >= 0.6 is 0 Å². The number of rotatable bonds is 4. The summed E-state index contributed by atoms with van der Waals surface area (Å²) >= 11 is 0. The molecule has 0 saturated carbocycles. The summed E-state index contributed by atoms with van der Waals surface area (Å²) in [5.41, 5.74) is 4.12. The summed E-state index contributed by atoms with van der Waals surface area (Å²) in [6, 6.07) is 19.9. The van der Waals surface area contributed by atoms with E-state index in [2.05, 4.69) is 59.5 Å². The Bertz CT molecular complexity index is 631. The Labute approximate surface area is 145 Å². The maximum atomic E-state index is 5.54. The molecule has 0 radical (unpaired) electrons. The Morgan fingerprint density at radius 3 is 2.46 bits per heavy atom. The molecule has 2 aliphatic heterocycles. The van der Waals surface area contributed by atoms with Crippen molar-refractivity contribution < 1.29 is 4.74 Å². The van der Waals surface area contributed by atoms with Crippen molar-refractivity contribution in [3.05, 3.63) is 60.2 Å². The molecule has 0 amide bonds. The van der Waals surface area contributed by atoms with Crippen LogP contribution in [0.3, 0.4) is 0 Å². The molecule has 2 aliphatic rings. The van der Waals surface area contributed by atoms with E-state index in [0.29, 0.717) is 5.92 Å². The molecule has 2 aromatic rings. The Morgan fingerprint density at radius 2 is 1.71 bits per heavy atom. The summed E-state index contributed by atoms with van der Waals surface area (Å²) in [5.74, 6) is 1.44. The van der Waals surface area contributed by atoms with Crippen LogP contribution in [0.4, 0.5) is 0 Å². The predicted octanol–water partition coefficient (Wildman–Crippen LogP) is 4.57. The fourth-order valence-electron chi connectivity index (χ4n) is 4.16. The van der Waals surface area contributed by atoms with Gasteiger partial charge in [-0.3, -0.25) is 0 Å². The first-order chi connectivity index (χ1) is 11.9. The zero-order chi connectivity index (χ0) is 16.2. The van der Waals surface area contributed by atoms with Gasteiger partial charge < -0.3 is 9.64 Å². The lowest BCUT2D eigenvalue weighted by atomic mass is 9.89. The SMILES string of the molecule is c1ccc(-c2ccc([C@@H]3CCCN(CC4CCOC4)C3)cc2)cc1. The van der Waals surface area contributed by atoms with Crippen molar-refractivity contribution in [2.75, 3.05) is 32.8 Å². The number of hydrogen-bond donors (Lipinski definition) is 0. The summed E-state index contributed by atoms with van der Waals surface area (Å²) in [5, 5.41) is 0. The highest BCUT2D eigenvalue weighted by Crippen LogP contribution is 2.30. The normalized spacial score (nSPS) is 25.0. The van der Waals surface area contributed by atoms with Crippen molar-refractivity contribution in [3.8, 4) is 11.1 Å². The van der Waals surface area contributed by atoms with Crippen molar-refractivity contribution in [2.45, 2.75) is 25.2 Å². The van der Waals surface area contributed by atoms with E-state index in [-0.39, 0.29) is 0 Å². The van der Waals surface area contributed by atoms with E-state index < -0.39 is 0 Å². The smallest absolute Gasteiger partial charge is 0.0507 e. The lowest BCUT2D eigenvalue weighted by molar-refractivity contribution is 0.150. The average molecular weight is 321 g/mol. The average Bonchev–Trinajstić information content (AvgIpc) is 3.16. The summed E-state index contributed by atoms with van der Waals surface area (Å²) in [7, 11) is 0. The molecular weight excluding hydrogens is 294 g/mol. The van der Waals surface area contributed by atoms with Gasteiger partial charge in [-0.1, -0.05) is 54.6 Å². The molecule has 0 spiro atoms. The second kappa shape index (κ2) is 7.50. The summed E-state index contributed by atoms with van der Waals surface area (Å²) in [6.07, 6.45) is 3.88. The van der Waals surface area contributed by atoms with Crippen molar-refractivity contribution in [3.63, 3.8) is 0 Å². The van der Waals surface area contributed by atoms with E-state index in [4.69, 9.17) is 4.74 Å². The van der Waals surface area contributed by atoms with Gasteiger partial charge in [-0.15, -0.1) is 0 Å². The van der Waals surface area contributed by atoms with Crippen molar-refractivity contribution in [2.24, 2.45) is 5.92 Å². The van der Waals surface area contributed by atoms with Gasteiger partial charge in [0.05, 0.1) is 6.61 Å². The van der Waals surface area contributed by atoms with E-state index in [0.717, 1.165) is 19.1 Å². The number of nitrogens with zero attached hydrogens (tertiary/aromatic N) is 1. The molecule has 0 aromatic heterocycles. The van der Waals surface area contributed by atoms with Gasteiger partial charge >= 0.3 is 0 Å². The van der Waals surface area contributed by atoms with Crippen LogP contribution in [0, 0.1) is 5.92 Å². The fourth-order valence-corrected chi connectivity index (χ4v) is 4.16. The zero-order valence-corrected chi connectivity index (χ0v) is 14.4. The lowest BCUT2D eigenvalue weighted by Crippen LogP contribution is -2.37. The standard InChI is InChI=1S/C22H27NO/c1-2-5-19(6-3-1)20-8-10-21(11-9-20)22-7-4-13-23(16-22)15-18-12-14-24-17-18/h1-3,5-6,8-11,18,22H,4,7,12-17H2/t18?,22-/m1/s1. The first kappa shape index (κ1) is 15.9. The number of hydrogen-bond acceptors (Lipinski definition) is 2. The van der Waals surface area contributed by atoms with Gasteiger partial charge in [0, 0.05) is 19.7 Å².